The van der Waals surface area contributed by atoms with Gasteiger partial charge in [-0.3, -0.25) is 5.32 Å². The largest absolute Gasteiger partial charge is 0.362 e. The molecule has 0 aromatic carbocycles. The van der Waals surface area contributed by atoms with Gasteiger partial charge in [-0.25, -0.2) is 0 Å². The predicted molar refractivity (Wildman–Crippen MR) is 48.0 cm³/mol. The van der Waals surface area contributed by atoms with Gasteiger partial charge >= 0.3 is 0 Å². The number of rotatable bonds is 3. The Labute approximate surface area is 79.8 Å². The third-order valence-corrected chi connectivity index (χ3v) is 3.81. The number of halogens is 2. The van der Waals surface area contributed by atoms with Crippen LogP contribution in [0.25, 0.3) is 0 Å². The van der Waals surface area contributed by atoms with Gasteiger partial charge in [-0.05, 0) is 18.8 Å². The molecule has 0 spiro atoms. The van der Waals surface area contributed by atoms with Gasteiger partial charge in [-0.15, -0.1) is 11.6 Å². The molecule has 0 bridgehead atoms. The molecule has 11 heavy (non-hydrogen) atoms. The maximum atomic E-state index is 5.79. The highest BCUT2D eigenvalue weighted by molar-refractivity contribution is 9.09. The summed E-state index contributed by atoms with van der Waals surface area (Å²) in [7, 11) is 0. The fourth-order valence-corrected chi connectivity index (χ4v) is 1.75. The van der Waals surface area contributed by atoms with Crippen molar-refractivity contribution in [3.63, 3.8) is 0 Å². The molecule has 1 heterocycles. The molecule has 2 unspecified atom stereocenters. The van der Waals surface area contributed by atoms with Crippen molar-refractivity contribution in [2.75, 3.05) is 6.61 Å². The number of nitrogens with one attached hydrogen (secondary N) is 1. The Morgan fingerprint density at radius 3 is 2.73 bits per heavy atom. The first kappa shape index (κ1) is 8.30. The van der Waals surface area contributed by atoms with Crippen LogP contribution < -0.4 is 5.32 Å². The molecule has 1 saturated heterocycles. The minimum Gasteiger partial charge on any atom is -0.362 e. The highest BCUT2D eigenvalue weighted by atomic mass is 79.9. The first-order valence-corrected chi connectivity index (χ1v) is 5.28. The quantitative estimate of drug-likeness (QED) is 0.599. The number of ether oxygens (including phenoxy) is 1. The minimum absolute atomic E-state index is 0.0409. The lowest BCUT2D eigenvalue weighted by atomic mass is 10.2. The van der Waals surface area contributed by atoms with Crippen LogP contribution in [0.5, 0.6) is 0 Å². The maximum Gasteiger partial charge on any atom is 0.124 e. The summed E-state index contributed by atoms with van der Waals surface area (Å²) in [6.07, 6.45) is 2.81. The van der Waals surface area contributed by atoms with Crippen LogP contribution in [0, 0.1) is 5.92 Å². The van der Waals surface area contributed by atoms with Gasteiger partial charge in [-0.2, -0.15) is 0 Å². The first-order chi connectivity index (χ1) is 5.27. The SMILES string of the molecule is ClC1N[C@@H](OCC2CC2)C1Br. The summed E-state index contributed by atoms with van der Waals surface area (Å²) >= 11 is 9.23. The van der Waals surface area contributed by atoms with Gasteiger partial charge in [0.15, 0.2) is 0 Å². The molecule has 2 fully saturated rings. The highest BCUT2D eigenvalue weighted by Crippen LogP contribution is 2.31. The molecule has 64 valence electrons. The number of hydrogen-bond donors (Lipinski definition) is 1. The van der Waals surface area contributed by atoms with Gasteiger partial charge in [0, 0.05) is 0 Å². The van der Waals surface area contributed by atoms with Crippen molar-refractivity contribution in [1.29, 1.82) is 0 Å². The lowest BCUT2D eigenvalue weighted by Gasteiger charge is -2.38. The van der Waals surface area contributed by atoms with Crippen LogP contribution in [0.2, 0.25) is 0 Å². The van der Waals surface area contributed by atoms with Gasteiger partial charge in [0.2, 0.25) is 0 Å². The van der Waals surface area contributed by atoms with Crippen LogP contribution in [0.1, 0.15) is 12.8 Å². The molecule has 2 aliphatic rings. The Bertz CT molecular complexity index is 153. The number of hydrogen-bond acceptors (Lipinski definition) is 2. The average Bonchev–Trinajstić information content (AvgIpc) is 2.80. The van der Waals surface area contributed by atoms with Crippen molar-refractivity contribution in [2.24, 2.45) is 5.92 Å². The van der Waals surface area contributed by atoms with Crippen molar-refractivity contribution < 1.29 is 4.74 Å². The van der Waals surface area contributed by atoms with Crippen molar-refractivity contribution in [3.8, 4) is 0 Å². The van der Waals surface area contributed by atoms with Crippen LogP contribution in [0.15, 0.2) is 0 Å². The van der Waals surface area contributed by atoms with Crippen molar-refractivity contribution in [3.05, 3.63) is 0 Å². The molecule has 2 rings (SSSR count). The zero-order valence-corrected chi connectivity index (χ0v) is 8.44. The lowest BCUT2D eigenvalue weighted by molar-refractivity contribution is -0.0190. The zero-order valence-electron chi connectivity index (χ0n) is 6.09. The Balaban J connectivity index is 1.63. The molecule has 4 heteroatoms. The molecule has 3 atom stereocenters. The summed E-state index contributed by atoms with van der Waals surface area (Å²) in [5.74, 6) is 0.825. The van der Waals surface area contributed by atoms with Crippen LogP contribution in [-0.2, 0) is 4.74 Å². The van der Waals surface area contributed by atoms with E-state index in [-0.39, 0.29) is 16.6 Å². The van der Waals surface area contributed by atoms with Gasteiger partial charge in [0.1, 0.15) is 11.7 Å². The summed E-state index contributed by atoms with van der Waals surface area (Å²) in [6.45, 7) is 0.892. The second kappa shape index (κ2) is 3.21. The molecule has 0 aromatic rings. The summed E-state index contributed by atoms with van der Waals surface area (Å²) in [4.78, 5) is 0.280. The van der Waals surface area contributed by atoms with Crippen molar-refractivity contribution >= 4 is 27.5 Å². The van der Waals surface area contributed by atoms with Crippen LogP contribution in [0.3, 0.4) is 0 Å². The van der Waals surface area contributed by atoms with Gasteiger partial charge in [0.25, 0.3) is 0 Å². The predicted octanol–water partition coefficient (Wildman–Crippen LogP) is 1.67. The summed E-state index contributed by atoms with van der Waals surface area (Å²) < 4.78 is 5.54. The Kier molecular flexibility index (Phi) is 2.42. The normalized spacial score (nSPS) is 43.6. The molecule has 1 aliphatic carbocycles. The van der Waals surface area contributed by atoms with Gasteiger partial charge in [0.05, 0.1) is 11.4 Å². The first-order valence-electron chi connectivity index (χ1n) is 3.93. The number of alkyl halides is 2. The van der Waals surface area contributed by atoms with Crippen molar-refractivity contribution in [2.45, 2.75) is 29.4 Å². The van der Waals surface area contributed by atoms with E-state index < -0.39 is 0 Å². The van der Waals surface area contributed by atoms with Crippen LogP contribution in [0.4, 0.5) is 0 Å². The molecule has 1 N–H and O–H groups in total. The molecule has 1 saturated carbocycles. The van der Waals surface area contributed by atoms with Gasteiger partial charge < -0.3 is 4.74 Å². The van der Waals surface area contributed by atoms with E-state index in [1.54, 1.807) is 0 Å². The summed E-state index contributed by atoms with van der Waals surface area (Å²) in [6, 6.07) is 0. The van der Waals surface area contributed by atoms with Crippen LogP contribution >= 0.6 is 27.5 Å². The summed E-state index contributed by atoms with van der Waals surface area (Å²) in [5, 5.41) is 3.07. The maximum absolute atomic E-state index is 5.79. The van der Waals surface area contributed by atoms with E-state index in [9.17, 15) is 0 Å². The summed E-state index contributed by atoms with van der Waals surface area (Å²) in [5.41, 5.74) is 0.0409. The van der Waals surface area contributed by atoms with E-state index in [0.717, 1.165) is 12.5 Å². The van der Waals surface area contributed by atoms with E-state index in [2.05, 4.69) is 21.2 Å². The molecule has 0 aromatic heterocycles. The Morgan fingerprint density at radius 2 is 2.27 bits per heavy atom. The van der Waals surface area contributed by atoms with E-state index in [4.69, 9.17) is 16.3 Å². The van der Waals surface area contributed by atoms with E-state index in [1.165, 1.54) is 12.8 Å². The lowest BCUT2D eigenvalue weighted by Crippen LogP contribution is -2.61. The van der Waals surface area contributed by atoms with E-state index in [0.29, 0.717) is 0 Å². The topological polar surface area (TPSA) is 21.3 Å². The second-order valence-corrected chi connectivity index (χ2v) is 4.74. The molecular formula is C7H11BrClNO. The third kappa shape index (κ3) is 1.89. The van der Waals surface area contributed by atoms with Crippen LogP contribution in [-0.4, -0.2) is 23.2 Å². The fourth-order valence-electron chi connectivity index (χ4n) is 1.04. The zero-order chi connectivity index (χ0) is 7.84. The van der Waals surface area contributed by atoms with Gasteiger partial charge in [-0.1, -0.05) is 15.9 Å². The smallest absolute Gasteiger partial charge is 0.124 e. The average molecular weight is 241 g/mol. The standard InChI is InChI=1S/C7H11BrClNO/c8-5-6(9)10-7(5)11-3-4-1-2-4/h4-7,10H,1-3H2/t5?,6?,7-/m0/s1. The second-order valence-electron chi connectivity index (χ2n) is 3.21. The molecule has 0 radical (unpaired) electrons. The minimum atomic E-state index is 0.0409. The van der Waals surface area contributed by atoms with E-state index in [1.807, 2.05) is 0 Å². The van der Waals surface area contributed by atoms with Crippen molar-refractivity contribution in [1.82, 2.24) is 5.32 Å². The molecular weight excluding hydrogens is 229 g/mol. The molecule has 1 aliphatic heterocycles. The third-order valence-electron chi connectivity index (χ3n) is 2.10. The highest BCUT2D eigenvalue weighted by Gasteiger charge is 2.39. The molecule has 2 nitrogen and oxygen atoms in total. The monoisotopic (exact) mass is 239 g/mol. The Hall–Kier alpha value is 0.690. The Morgan fingerprint density at radius 1 is 1.55 bits per heavy atom. The molecule has 0 amide bonds. The van der Waals surface area contributed by atoms with E-state index >= 15 is 0 Å². The fraction of sp³-hybridized carbons (Fsp3) is 1.00.